The van der Waals surface area contributed by atoms with Crippen molar-refractivity contribution in [2.24, 2.45) is 11.8 Å². The Morgan fingerprint density at radius 1 is 1.26 bits per heavy atom. The van der Waals surface area contributed by atoms with Crippen molar-refractivity contribution in [1.29, 1.82) is 0 Å². The molecule has 1 aliphatic heterocycles. The van der Waals surface area contributed by atoms with Gasteiger partial charge in [0.05, 0.1) is 35.7 Å². The third-order valence-electron chi connectivity index (χ3n) is 4.79. The average molecular weight is 382 g/mol. The Hall–Kier alpha value is -2.84. The Morgan fingerprint density at radius 3 is 2.52 bits per heavy atom. The van der Waals surface area contributed by atoms with E-state index >= 15 is 0 Å². The number of ether oxygens (including phenoxy) is 1. The van der Waals surface area contributed by atoms with Gasteiger partial charge in [-0.05, 0) is 25.1 Å². The second-order valence-corrected chi connectivity index (χ2v) is 6.48. The largest absolute Gasteiger partial charge is 0.497 e. The van der Waals surface area contributed by atoms with Crippen LogP contribution in [0.4, 0.5) is 13.2 Å². The van der Waals surface area contributed by atoms with E-state index in [2.05, 4.69) is 4.98 Å². The van der Waals surface area contributed by atoms with Crippen molar-refractivity contribution >= 4 is 22.8 Å². The number of carboxylic acid groups (broad SMARTS) is 1. The molecule has 1 aliphatic rings. The predicted molar refractivity (Wildman–Crippen MR) is 89.6 cm³/mol. The van der Waals surface area contributed by atoms with E-state index < -0.39 is 43.0 Å². The molecule has 2 aromatic rings. The topological polar surface area (TPSA) is 79.7 Å². The molecule has 0 aliphatic carbocycles. The molecule has 0 radical (unpaired) electrons. The number of aliphatic carboxylic acids is 1. The highest BCUT2D eigenvalue weighted by atomic mass is 19.4. The van der Waals surface area contributed by atoms with Crippen molar-refractivity contribution in [2.75, 3.05) is 20.2 Å². The molecular weight excluding hydrogens is 365 g/mol. The minimum atomic E-state index is -4.69. The van der Waals surface area contributed by atoms with Crippen molar-refractivity contribution < 1.29 is 32.6 Å². The maximum Gasteiger partial charge on any atom is 0.394 e. The Labute approximate surface area is 152 Å². The third-order valence-corrected chi connectivity index (χ3v) is 4.79. The standard InChI is InChI=1S/C18H17F3N2O4/c1-9-12(5-10-3-4-11(27-2)6-15(10)22-9)16(24)23-7-13(17(25)26)14(8-23)18(19,20)21/h3-6,13-14H,7-8H2,1-2H3,(H,25,26)/t13-,14-/m1/s1. The number of carbonyl (C=O) groups is 2. The maximum absolute atomic E-state index is 13.1. The van der Waals surface area contributed by atoms with E-state index in [1.165, 1.54) is 7.11 Å². The van der Waals surface area contributed by atoms with Crippen LogP contribution in [0.2, 0.25) is 0 Å². The molecule has 0 saturated carbocycles. The highest BCUT2D eigenvalue weighted by Crippen LogP contribution is 2.38. The monoisotopic (exact) mass is 382 g/mol. The SMILES string of the molecule is COc1ccc2cc(C(=O)N3C[C@@H](C(F)(F)F)[C@H](C(=O)O)C3)c(C)nc2c1. The third kappa shape index (κ3) is 3.54. The molecule has 144 valence electrons. The first kappa shape index (κ1) is 18.9. The second kappa shape index (κ2) is 6.71. The summed E-state index contributed by atoms with van der Waals surface area (Å²) in [6.07, 6.45) is -4.69. The normalized spacial score (nSPS) is 20.1. The van der Waals surface area contributed by atoms with Gasteiger partial charge < -0.3 is 14.7 Å². The van der Waals surface area contributed by atoms with Crippen molar-refractivity contribution in [3.8, 4) is 5.75 Å². The van der Waals surface area contributed by atoms with Gasteiger partial charge in [-0.1, -0.05) is 0 Å². The van der Waals surface area contributed by atoms with E-state index in [9.17, 15) is 22.8 Å². The minimum absolute atomic E-state index is 0.152. The maximum atomic E-state index is 13.1. The van der Waals surface area contributed by atoms with Gasteiger partial charge in [-0.3, -0.25) is 14.6 Å². The van der Waals surface area contributed by atoms with Gasteiger partial charge in [0, 0.05) is 24.5 Å². The Morgan fingerprint density at radius 2 is 1.96 bits per heavy atom. The number of carboxylic acids is 1. The Bertz CT molecular complexity index is 913. The summed E-state index contributed by atoms with van der Waals surface area (Å²) in [6.45, 7) is 0.413. The molecule has 9 heteroatoms. The molecular formula is C18H17F3N2O4. The van der Waals surface area contributed by atoms with Gasteiger partial charge in [0.25, 0.3) is 5.91 Å². The summed E-state index contributed by atoms with van der Waals surface area (Å²) in [4.78, 5) is 29.3. The van der Waals surface area contributed by atoms with Crippen LogP contribution in [-0.4, -0.2) is 53.2 Å². The van der Waals surface area contributed by atoms with Gasteiger partial charge in [-0.25, -0.2) is 0 Å². The molecule has 0 bridgehead atoms. The fourth-order valence-corrected chi connectivity index (χ4v) is 3.31. The van der Waals surface area contributed by atoms with Crippen LogP contribution in [0.15, 0.2) is 24.3 Å². The predicted octanol–water partition coefficient (Wildman–Crippen LogP) is 2.89. The average Bonchev–Trinajstić information content (AvgIpc) is 3.06. The molecule has 1 fully saturated rings. The molecule has 27 heavy (non-hydrogen) atoms. The van der Waals surface area contributed by atoms with Crippen LogP contribution in [0.5, 0.6) is 5.75 Å². The lowest BCUT2D eigenvalue weighted by atomic mass is 9.96. The molecule has 1 saturated heterocycles. The number of hydrogen-bond acceptors (Lipinski definition) is 4. The zero-order valence-electron chi connectivity index (χ0n) is 14.6. The molecule has 1 N–H and O–H groups in total. The Kier molecular flexibility index (Phi) is 4.71. The van der Waals surface area contributed by atoms with Crippen LogP contribution in [0, 0.1) is 18.8 Å². The summed E-state index contributed by atoms with van der Waals surface area (Å²) in [5.41, 5.74) is 1.09. The van der Waals surface area contributed by atoms with E-state index in [4.69, 9.17) is 9.84 Å². The molecule has 1 aromatic heterocycles. The number of fused-ring (bicyclic) bond motifs is 1. The van der Waals surface area contributed by atoms with Crippen LogP contribution >= 0.6 is 0 Å². The Balaban J connectivity index is 1.94. The molecule has 0 spiro atoms. The van der Waals surface area contributed by atoms with Crippen LogP contribution in [0.25, 0.3) is 10.9 Å². The van der Waals surface area contributed by atoms with Gasteiger partial charge in [0.15, 0.2) is 0 Å². The van der Waals surface area contributed by atoms with E-state index in [-0.39, 0.29) is 5.56 Å². The van der Waals surface area contributed by atoms with Gasteiger partial charge in [-0.15, -0.1) is 0 Å². The van der Waals surface area contributed by atoms with Gasteiger partial charge in [-0.2, -0.15) is 13.2 Å². The van der Waals surface area contributed by atoms with Crippen LogP contribution < -0.4 is 4.74 Å². The van der Waals surface area contributed by atoms with Crippen molar-refractivity contribution in [3.63, 3.8) is 0 Å². The highest BCUT2D eigenvalue weighted by molar-refractivity contribution is 5.99. The summed E-state index contributed by atoms with van der Waals surface area (Å²) >= 11 is 0. The van der Waals surface area contributed by atoms with Crippen molar-refractivity contribution in [3.05, 3.63) is 35.5 Å². The highest BCUT2D eigenvalue weighted by Gasteiger charge is 2.53. The molecule has 6 nitrogen and oxygen atoms in total. The molecule has 0 unspecified atom stereocenters. The number of pyridine rings is 1. The smallest absolute Gasteiger partial charge is 0.394 e. The quantitative estimate of drug-likeness (QED) is 0.883. The number of aryl methyl sites for hydroxylation is 1. The number of alkyl halides is 3. The lowest BCUT2D eigenvalue weighted by molar-refractivity contribution is -0.187. The minimum Gasteiger partial charge on any atom is -0.497 e. The molecule has 2 atom stereocenters. The van der Waals surface area contributed by atoms with E-state index in [0.717, 1.165) is 4.90 Å². The number of halogens is 3. The number of benzene rings is 1. The summed E-state index contributed by atoms with van der Waals surface area (Å²) in [6, 6.07) is 6.62. The number of aromatic nitrogens is 1. The number of carbonyl (C=O) groups excluding carboxylic acids is 1. The van der Waals surface area contributed by atoms with Crippen LogP contribution in [0.3, 0.4) is 0 Å². The summed E-state index contributed by atoms with van der Waals surface area (Å²) < 4.78 is 44.6. The molecule has 2 heterocycles. The molecule has 1 aromatic carbocycles. The van der Waals surface area contributed by atoms with E-state index in [1.807, 2.05) is 0 Å². The first-order chi connectivity index (χ1) is 12.6. The zero-order chi connectivity index (χ0) is 19.9. The summed E-state index contributed by atoms with van der Waals surface area (Å²) in [7, 11) is 1.51. The zero-order valence-corrected chi connectivity index (χ0v) is 14.6. The first-order valence-corrected chi connectivity index (χ1v) is 8.16. The lowest BCUT2D eigenvalue weighted by Crippen LogP contribution is -2.34. The fourth-order valence-electron chi connectivity index (χ4n) is 3.31. The number of methoxy groups -OCH3 is 1. The van der Waals surface area contributed by atoms with E-state index in [0.29, 0.717) is 22.3 Å². The summed E-state index contributed by atoms with van der Waals surface area (Å²) in [5.74, 6) is -5.39. The van der Waals surface area contributed by atoms with Crippen LogP contribution in [-0.2, 0) is 4.79 Å². The van der Waals surface area contributed by atoms with Crippen molar-refractivity contribution in [2.45, 2.75) is 13.1 Å². The number of hydrogen-bond donors (Lipinski definition) is 1. The fraction of sp³-hybridized carbons (Fsp3) is 0.389. The number of rotatable bonds is 3. The first-order valence-electron chi connectivity index (χ1n) is 8.16. The van der Waals surface area contributed by atoms with E-state index in [1.54, 1.807) is 31.2 Å². The lowest BCUT2D eigenvalue weighted by Gasteiger charge is -2.19. The number of likely N-dealkylation sites (tertiary alicyclic amines) is 1. The van der Waals surface area contributed by atoms with Crippen molar-refractivity contribution in [1.82, 2.24) is 9.88 Å². The summed E-state index contributed by atoms with van der Waals surface area (Å²) in [5, 5.41) is 9.73. The van der Waals surface area contributed by atoms with Gasteiger partial charge in [0.1, 0.15) is 5.75 Å². The molecule has 1 amide bonds. The number of amides is 1. The molecule has 3 rings (SSSR count). The number of nitrogens with zero attached hydrogens (tertiary/aromatic N) is 2. The van der Waals surface area contributed by atoms with Gasteiger partial charge in [0.2, 0.25) is 0 Å². The second-order valence-electron chi connectivity index (χ2n) is 6.48. The van der Waals surface area contributed by atoms with Gasteiger partial charge >= 0.3 is 12.1 Å². The van der Waals surface area contributed by atoms with Crippen LogP contribution in [0.1, 0.15) is 16.1 Å².